The van der Waals surface area contributed by atoms with Gasteiger partial charge in [0.25, 0.3) is 0 Å². The molecule has 0 aliphatic heterocycles. The highest BCUT2D eigenvalue weighted by Crippen LogP contribution is 2.27. The number of hydrogen-bond donors (Lipinski definition) is 2. The third kappa shape index (κ3) is 2.89. The zero-order valence-corrected chi connectivity index (χ0v) is 10.8. The second-order valence-corrected chi connectivity index (χ2v) is 4.39. The molecule has 96 valence electrons. The summed E-state index contributed by atoms with van der Waals surface area (Å²) in [6, 6.07) is 4.55. The van der Waals surface area contributed by atoms with Crippen molar-refractivity contribution in [2.45, 2.75) is 19.4 Å². The van der Waals surface area contributed by atoms with Crippen molar-refractivity contribution in [2.75, 3.05) is 6.54 Å². The monoisotopic (exact) mass is 267 g/mol. The Hall–Kier alpha value is -1.39. The van der Waals surface area contributed by atoms with Crippen LogP contribution in [0.4, 0.5) is 4.39 Å². The number of halogens is 2. The molecule has 0 amide bonds. The molecule has 1 aromatic heterocycles. The lowest BCUT2D eigenvalue weighted by molar-refractivity contribution is 0.503. The summed E-state index contributed by atoms with van der Waals surface area (Å²) in [6.45, 7) is 2.71. The van der Waals surface area contributed by atoms with Crippen molar-refractivity contribution in [1.29, 1.82) is 0 Å². The van der Waals surface area contributed by atoms with Gasteiger partial charge in [0.1, 0.15) is 11.6 Å². The second-order valence-electron chi connectivity index (χ2n) is 3.99. The summed E-state index contributed by atoms with van der Waals surface area (Å²) < 4.78 is 13.9. The van der Waals surface area contributed by atoms with Crippen LogP contribution in [0.3, 0.4) is 0 Å². The number of nitrogens with zero attached hydrogens (tertiary/aromatic N) is 1. The first kappa shape index (κ1) is 13.1. The van der Waals surface area contributed by atoms with E-state index in [0.717, 1.165) is 12.4 Å². The first-order valence-electron chi connectivity index (χ1n) is 5.88. The first-order valence-corrected chi connectivity index (χ1v) is 6.25. The van der Waals surface area contributed by atoms with Gasteiger partial charge in [-0.05, 0) is 18.7 Å². The van der Waals surface area contributed by atoms with Crippen LogP contribution in [-0.2, 0) is 6.42 Å². The summed E-state index contributed by atoms with van der Waals surface area (Å²) in [5, 5.41) is 3.67. The highest BCUT2D eigenvalue weighted by atomic mass is 35.5. The van der Waals surface area contributed by atoms with Crippen LogP contribution in [0.1, 0.15) is 24.4 Å². The molecule has 1 heterocycles. The Labute approximate surface area is 110 Å². The standard InChI is InChI=1S/C13H15ClFN3/c1-2-16-11(8-12-17-6-7-18-12)13-9(14)4-3-5-10(13)15/h3-7,11,16H,2,8H2,1H3,(H,17,18). The van der Waals surface area contributed by atoms with Crippen molar-refractivity contribution >= 4 is 11.6 Å². The summed E-state index contributed by atoms with van der Waals surface area (Å²) in [5.41, 5.74) is 0.498. The molecule has 0 fully saturated rings. The number of hydrogen-bond acceptors (Lipinski definition) is 2. The molecule has 2 N–H and O–H groups in total. The van der Waals surface area contributed by atoms with Crippen LogP contribution in [0, 0.1) is 5.82 Å². The maximum absolute atomic E-state index is 13.9. The predicted octanol–water partition coefficient (Wildman–Crippen LogP) is 3.10. The number of likely N-dealkylation sites (N-methyl/N-ethyl adjacent to an activating group) is 1. The van der Waals surface area contributed by atoms with E-state index in [2.05, 4.69) is 15.3 Å². The lowest BCUT2D eigenvalue weighted by Gasteiger charge is -2.19. The molecule has 0 saturated heterocycles. The van der Waals surface area contributed by atoms with Gasteiger partial charge in [0.2, 0.25) is 0 Å². The molecule has 0 saturated carbocycles. The Kier molecular flexibility index (Phi) is 4.33. The fourth-order valence-electron chi connectivity index (χ4n) is 1.97. The minimum absolute atomic E-state index is 0.185. The normalized spacial score (nSPS) is 12.6. The van der Waals surface area contributed by atoms with E-state index in [0.29, 0.717) is 17.0 Å². The Morgan fingerprint density at radius 1 is 1.50 bits per heavy atom. The molecule has 0 bridgehead atoms. The van der Waals surface area contributed by atoms with E-state index in [1.807, 2.05) is 6.92 Å². The van der Waals surface area contributed by atoms with E-state index in [1.165, 1.54) is 6.07 Å². The number of aromatic amines is 1. The number of rotatable bonds is 5. The van der Waals surface area contributed by atoms with E-state index < -0.39 is 0 Å². The predicted molar refractivity (Wildman–Crippen MR) is 70.1 cm³/mol. The molecule has 0 spiro atoms. The van der Waals surface area contributed by atoms with Gasteiger partial charge in [-0.25, -0.2) is 9.37 Å². The van der Waals surface area contributed by atoms with E-state index in [-0.39, 0.29) is 11.9 Å². The van der Waals surface area contributed by atoms with Crippen molar-refractivity contribution in [1.82, 2.24) is 15.3 Å². The Balaban J connectivity index is 2.29. The number of benzene rings is 1. The van der Waals surface area contributed by atoms with Gasteiger partial charge in [-0.15, -0.1) is 0 Å². The van der Waals surface area contributed by atoms with Crippen LogP contribution in [0.5, 0.6) is 0 Å². The van der Waals surface area contributed by atoms with Crippen molar-refractivity contribution in [2.24, 2.45) is 0 Å². The van der Waals surface area contributed by atoms with Crippen LogP contribution in [0.15, 0.2) is 30.6 Å². The quantitative estimate of drug-likeness (QED) is 0.874. The highest BCUT2D eigenvalue weighted by molar-refractivity contribution is 6.31. The van der Waals surface area contributed by atoms with Gasteiger partial charge in [0.15, 0.2) is 0 Å². The molecule has 0 aliphatic rings. The summed E-state index contributed by atoms with van der Waals surface area (Å²) in [7, 11) is 0. The Morgan fingerprint density at radius 3 is 2.94 bits per heavy atom. The van der Waals surface area contributed by atoms with Crippen molar-refractivity contribution in [3.63, 3.8) is 0 Å². The molecule has 3 nitrogen and oxygen atoms in total. The summed E-state index contributed by atoms with van der Waals surface area (Å²) in [6.07, 6.45) is 4.00. The smallest absolute Gasteiger partial charge is 0.129 e. The average molecular weight is 268 g/mol. The molecule has 0 aliphatic carbocycles. The molecule has 5 heteroatoms. The van der Waals surface area contributed by atoms with Gasteiger partial charge in [-0.3, -0.25) is 0 Å². The molecule has 1 atom stereocenters. The Bertz CT molecular complexity index is 479. The fraction of sp³-hybridized carbons (Fsp3) is 0.308. The van der Waals surface area contributed by atoms with Crippen LogP contribution in [0.2, 0.25) is 5.02 Å². The van der Waals surface area contributed by atoms with Gasteiger partial charge >= 0.3 is 0 Å². The molecule has 2 rings (SSSR count). The Morgan fingerprint density at radius 2 is 2.33 bits per heavy atom. The number of nitrogens with one attached hydrogen (secondary N) is 2. The van der Waals surface area contributed by atoms with Gasteiger partial charge in [-0.1, -0.05) is 24.6 Å². The lowest BCUT2D eigenvalue weighted by Crippen LogP contribution is -2.24. The zero-order chi connectivity index (χ0) is 13.0. The van der Waals surface area contributed by atoms with Crippen LogP contribution >= 0.6 is 11.6 Å². The average Bonchev–Trinajstić information content (AvgIpc) is 2.82. The minimum Gasteiger partial charge on any atom is -0.349 e. The van der Waals surface area contributed by atoms with Crippen molar-refractivity contribution < 1.29 is 4.39 Å². The van der Waals surface area contributed by atoms with Crippen molar-refractivity contribution in [3.8, 4) is 0 Å². The molecular formula is C13H15ClFN3. The third-order valence-corrected chi connectivity index (χ3v) is 3.08. The number of H-pyrrole nitrogens is 1. The number of imidazole rings is 1. The summed E-state index contributed by atoms with van der Waals surface area (Å²) in [4.78, 5) is 7.18. The minimum atomic E-state index is -0.292. The topological polar surface area (TPSA) is 40.7 Å². The lowest BCUT2D eigenvalue weighted by atomic mass is 10.0. The maximum Gasteiger partial charge on any atom is 0.129 e. The van der Waals surface area contributed by atoms with E-state index >= 15 is 0 Å². The summed E-state index contributed by atoms with van der Waals surface area (Å²) >= 11 is 6.09. The third-order valence-electron chi connectivity index (χ3n) is 2.75. The molecule has 2 aromatic rings. The molecule has 1 aromatic carbocycles. The molecule has 0 radical (unpaired) electrons. The molecule has 18 heavy (non-hydrogen) atoms. The van der Waals surface area contributed by atoms with Gasteiger partial charge < -0.3 is 10.3 Å². The molecular weight excluding hydrogens is 253 g/mol. The van der Waals surface area contributed by atoms with Gasteiger partial charge in [0, 0.05) is 35.4 Å². The van der Waals surface area contributed by atoms with Crippen LogP contribution in [0.25, 0.3) is 0 Å². The van der Waals surface area contributed by atoms with E-state index in [9.17, 15) is 4.39 Å². The highest BCUT2D eigenvalue weighted by Gasteiger charge is 2.19. The summed E-state index contributed by atoms with van der Waals surface area (Å²) in [5.74, 6) is 0.514. The van der Waals surface area contributed by atoms with E-state index in [1.54, 1.807) is 24.5 Å². The maximum atomic E-state index is 13.9. The first-order chi connectivity index (χ1) is 8.72. The SMILES string of the molecule is CCNC(Cc1ncc[nH]1)c1c(F)cccc1Cl. The van der Waals surface area contributed by atoms with Crippen molar-refractivity contribution in [3.05, 3.63) is 52.8 Å². The van der Waals surface area contributed by atoms with Gasteiger partial charge in [-0.2, -0.15) is 0 Å². The van der Waals surface area contributed by atoms with E-state index in [4.69, 9.17) is 11.6 Å². The molecule has 1 unspecified atom stereocenters. The fourth-order valence-corrected chi connectivity index (χ4v) is 2.26. The van der Waals surface area contributed by atoms with Crippen LogP contribution < -0.4 is 5.32 Å². The largest absolute Gasteiger partial charge is 0.349 e. The zero-order valence-electron chi connectivity index (χ0n) is 10.1. The second kappa shape index (κ2) is 5.98. The number of aromatic nitrogens is 2. The van der Waals surface area contributed by atoms with Gasteiger partial charge in [0.05, 0.1) is 0 Å². The van der Waals surface area contributed by atoms with Crippen LogP contribution in [-0.4, -0.2) is 16.5 Å².